The molecule has 20 heavy (non-hydrogen) atoms. The van der Waals surface area contributed by atoms with Gasteiger partial charge in [-0.2, -0.15) is 13.2 Å². The molecular formula is C13H12F3N3O. The Morgan fingerprint density at radius 3 is 2.50 bits per heavy atom. The highest BCUT2D eigenvalue weighted by atomic mass is 19.4. The first-order valence-corrected chi connectivity index (χ1v) is 5.81. The summed E-state index contributed by atoms with van der Waals surface area (Å²) >= 11 is 0. The fourth-order valence-electron chi connectivity index (χ4n) is 1.74. The maximum atomic E-state index is 12.5. The van der Waals surface area contributed by atoms with Crippen LogP contribution in [0.15, 0.2) is 36.7 Å². The molecule has 0 fully saturated rings. The molecule has 7 heteroatoms. The molecule has 2 aromatic rings. The van der Waals surface area contributed by atoms with Crippen molar-refractivity contribution < 1.29 is 18.0 Å². The van der Waals surface area contributed by atoms with E-state index in [1.165, 1.54) is 25.4 Å². The van der Waals surface area contributed by atoms with Gasteiger partial charge in [0.05, 0.1) is 5.56 Å². The van der Waals surface area contributed by atoms with Gasteiger partial charge in [-0.15, -0.1) is 0 Å². The molecule has 0 aliphatic heterocycles. The van der Waals surface area contributed by atoms with Gasteiger partial charge in [-0.05, 0) is 12.1 Å². The van der Waals surface area contributed by atoms with Crippen LogP contribution in [0, 0.1) is 0 Å². The summed E-state index contributed by atoms with van der Waals surface area (Å²) in [7, 11) is 1.51. The topological polar surface area (TPSA) is 46.9 Å². The predicted octanol–water partition coefficient (Wildman–Crippen LogP) is 2.31. The zero-order chi connectivity index (χ0) is 14.8. The number of nitrogens with one attached hydrogen (secondary N) is 1. The van der Waals surface area contributed by atoms with Gasteiger partial charge in [0.2, 0.25) is 5.91 Å². The zero-order valence-corrected chi connectivity index (χ0v) is 10.6. The van der Waals surface area contributed by atoms with E-state index in [-0.39, 0.29) is 12.5 Å². The number of benzene rings is 1. The lowest BCUT2D eigenvalue weighted by Gasteiger charge is -2.09. The van der Waals surface area contributed by atoms with E-state index in [1.807, 2.05) is 0 Å². The van der Waals surface area contributed by atoms with Crippen LogP contribution in [0.1, 0.15) is 5.56 Å². The van der Waals surface area contributed by atoms with Crippen molar-refractivity contribution in [2.45, 2.75) is 12.7 Å². The molecular weight excluding hydrogens is 271 g/mol. The Morgan fingerprint density at radius 1 is 1.30 bits per heavy atom. The first kappa shape index (κ1) is 14.1. The summed E-state index contributed by atoms with van der Waals surface area (Å²) in [5.74, 6) is 0.235. The maximum Gasteiger partial charge on any atom is 0.416 e. The highest BCUT2D eigenvalue weighted by Crippen LogP contribution is 2.30. The first-order valence-electron chi connectivity index (χ1n) is 5.81. The van der Waals surface area contributed by atoms with Crippen molar-refractivity contribution in [3.8, 4) is 11.4 Å². The molecule has 106 valence electrons. The Morgan fingerprint density at radius 2 is 1.95 bits per heavy atom. The first-order chi connectivity index (χ1) is 9.41. The zero-order valence-electron chi connectivity index (χ0n) is 10.6. The molecule has 1 amide bonds. The van der Waals surface area contributed by atoms with Crippen molar-refractivity contribution in [1.29, 1.82) is 0 Å². The summed E-state index contributed by atoms with van der Waals surface area (Å²) in [6, 6.07) is 4.67. The number of hydrogen-bond donors (Lipinski definition) is 1. The molecule has 0 aliphatic rings. The molecule has 1 N–H and O–H groups in total. The second kappa shape index (κ2) is 5.36. The Labute approximate surface area is 113 Å². The average molecular weight is 283 g/mol. The summed E-state index contributed by atoms with van der Waals surface area (Å²) in [4.78, 5) is 15.4. The smallest absolute Gasteiger partial charge is 0.358 e. The number of imidazole rings is 1. The molecule has 4 nitrogen and oxygen atoms in total. The molecule has 0 saturated heterocycles. The molecule has 0 bridgehead atoms. The number of likely N-dealkylation sites (N-methyl/N-ethyl adjacent to an activating group) is 1. The van der Waals surface area contributed by atoms with Gasteiger partial charge in [0, 0.05) is 25.0 Å². The number of aromatic nitrogens is 2. The average Bonchev–Trinajstić information content (AvgIpc) is 2.86. The van der Waals surface area contributed by atoms with Crippen molar-refractivity contribution in [2.75, 3.05) is 7.05 Å². The standard InChI is InChI=1S/C13H12F3N3O/c1-17-11(20)8-19-7-6-18-12(19)9-2-4-10(5-3-9)13(14,15)16/h2-7H,8H2,1H3,(H,17,20). The number of nitrogens with zero attached hydrogens (tertiary/aromatic N) is 2. The largest absolute Gasteiger partial charge is 0.416 e. The van der Waals surface area contributed by atoms with Crippen molar-refractivity contribution in [2.24, 2.45) is 0 Å². The van der Waals surface area contributed by atoms with E-state index < -0.39 is 11.7 Å². The lowest BCUT2D eigenvalue weighted by atomic mass is 10.1. The number of rotatable bonds is 3. The Kier molecular flexibility index (Phi) is 3.78. The van der Waals surface area contributed by atoms with Crippen LogP contribution >= 0.6 is 0 Å². The minimum atomic E-state index is -4.37. The van der Waals surface area contributed by atoms with E-state index in [4.69, 9.17) is 0 Å². The fraction of sp³-hybridized carbons (Fsp3) is 0.231. The number of alkyl halides is 3. The van der Waals surface area contributed by atoms with Crippen LogP contribution in [0.25, 0.3) is 11.4 Å². The van der Waals surface area contributed by atoms with Gasteiger partial charge < -0.3 is 9.88 Å². The van der Waals surface area contributed by atoms with Crippen LogP contribution in [0.5, 0.6) is 0 Å². The van der Waals surface area contributed by atoms with Crippen molar-refractivity contribution in [3.05, 3.63) is 42.2 Å². The third-order valence-corrected chi connectivity index (χ3v) is 2.78. The van der Waals surface area contributed by atoms with Crippen LogP contribution in [0.3, 0.4) is 0 Å². The molecule has 0 saturated carbocycles. The summed E-state index contributed by atoms with van der Waals surface area (Å²) in [5, 5.41) is 2.47. The van der Waals surface area contributed by atoms with Gasteiger partial charge in [-0.1, -0.05) is 12.1 Å². The number of halogens is 3. The van der Waals surface area contributed by atoms with Crippen LogP contribution in [0.2, 0.25) is 0 Å². The lowest BCUT2D eigenvalue weighted by Crippen LogP contribution is -2.23. The molecule has 2 rings (SSSR count). The Balaban J connectivity index is 2.29. The van der Waals surface area contributed by atoms with Gasteiger partial charge in [0.15, 0.2) is 0 Å². The van der Waals surface area contributed by atoms with Crippen LogP contribution in [0.4, 0.5) is 13.2 Å². The van der Waals surface area contributed by atoms with E-state index >= 15 is 0 Å². The Bertz CT molecular complexity index is 602. The van der Waals surface area contributed by atoms with Crippen molar-refractivity contribution in [1.82, 2.24) is 14.9 Å². The lowest BCUT2D eigenvalue weighted by molar-refractivity contribution is -0.137. The SMILES string of the molecule is CNC(=O)Cn1ccnc1-c1ccc(C(F)(F)F)cc1. The van der Waals surface area contributed by atoms with Gasteiger partial charge >= 0.3 is 6.18 Å². The van der Waals surface area contributed by atoms with Crippen molar-refractivity contribution in [3.63, 3.8) is 0 Å². The summed E-state index contributed by atoms with van der Waals surface area (Å²) < 4.78 is 39.0. The third-order valence-electron chi connectivity index (χ3n) is 2.78. The molecule has 0 spiro atoms. The highest BCUT2D eigenvalue weighted by Gasteiger charge is 2.30. The maximum absolute atomic E-state index is 12.5. The highest BCUT2D eigenvalue weighted by molar-refractivity contribution is 5.76. The summed E-state index contributed by atoms with van der Waals surface area (Å²) in [6.07, 6.45) is -1.27. The molecule has 1 aromatic carbocycles. The minimum Gasteiger partial charge on any atom is -0.358 e. The van der Waals surface area contributed by atoms with Crippen molar-refractivity contribution >= 4 is 5.91 Å². The van der Waals surface area contributed by atoms with E-state index in [0.717, 1.165) is 12.1 Å². The minimum absolute atomic E-state index is 0.0624. The van der Waals surface area contributed by atoms with Gasteiger partial charge in [0.25, 0.3) is 0 Å². The molecule has 1 aromatic heterocycles. The second-order valence-electron chi connectivity index (χ2n) is 4.13. The van der Waals surface area contributed by atoms with E-state index in [2.05, 4.69) is 10.3 Å². The van der Waals surface area contributed by atoms with Gasteiger partial charge in [-0.25, -0.2) is 4.98 Å². The fourth-order valence-corrected chi connectivity index (χ4v) is 1.74. The van der Waals surface area contributed by atoms with E-state index in [1.54, 1.807) is 10.8 Å². The quantitative estimate of drug-likeness (QED) is 0.939. The van der Waals surface area contributed by atoms with Crippen LogP contribution in [-0.4, -0.2) is 22.5 Å². The van der Waals surface area contributed by atoms with Gasteiger partial charge in [0.1, 0.15) is 12.4 Å². The number of carbonyl (C=O) groups is 1. The molecule has 1 heterocycles. The number of carbonyl (C=O) groups excluding carboxylic acids is 1. The second-order valence-corrected chi connectivity index (χ2v) is 4.13. The predicted molar refractivity (Wildman–Crippen MR) is 66.7 cm³/mol. The normalized spacial score (nSPS) is 11.4. The van der Waals surface area contributed by atoms with E-state index in [9.17, 15) is 18.0 Å². The molecule has 0 atom stereocenters. The Hall–Kier alpha value is -2.31. The van der Waals surface area contributed by atoms with E-state index in [0.29, 0.717) is 11.4 Å². The van der Waals surface area contributed by atoms with Crippen LogP contribution < -0.4 is 5.32 Å². The number of amides is 1. The molecule has 0 aliphatic carbocycles. The van der Waals surface area contributed by atoms with Crippen LogP contribution in [-0.2, 0) is 17.5 Å². The number of hydrogen-bond acceptors (Lipinski definition) is 2. The molecule has 0 radical (unpaired) electrons. The monoisotopic (exact) mass is 283 g/mol. The summed E-state index contributed by atoms with van der Waals surface area (Å²) in [6.45, 7) is 0.0624. The molecule has 0 unspecified atom stereocenters. The van der Waals surface area contributed by atoms with Gasteiger partial charge in [-0.3, -0.25) is 4.79 Å². The third kappa shape index (κ3) is 2.98. The summed E-state index contributed by atoms with van der Waals surface area (Å²) in [5.41, 5.74) is -0.197.